The second-order valence-electron chi connectivity index (χ2n) is 19.9. The van der Waals surface area contributed by atoms with Gasteiger partial charge in [-0.15, -0.1) is 0 Å². The summed E-state index contributed by atoms with van der Waals surface area (Å²) in [7, 11) is 1.38. The quantitative estimate of drug-likeness (QED) is 0.0211. The Morgan fingerprint density at radius 3 is 0.988 bits per heavy atom. The van der Waals surface area contributed by atoms with E-state index in [-0.39, 0.29) is 26.1 Å². The summed E-state index contributed by atoms with van der Waals surface area (Å²) >= 11 is 0. The molecule has 0 amide bonds. The molecular weight excluding hydrogens is 1010 g/mol. The number of likely N-dealkylation sites (N-methyl/N-ethyl adjacent to an activating group) is 1. The van der Waals surface area contributed by atoms with Gasteiger partial charge in [0.1, 0.15) is 19.8 Å². The second kappa shape index (κ2) is 58.3. The van der Waals surface area contributed by atoms with Crippen molar-refractivity contribution in [2.45, 2.75) is 174 Å². The lowest BCUT2D eigenvalue weighted by molar-refractivity contribution is -0.870. The van der Waals surface area contributed by atoms with Gasteiger partial charge in [-0.2, -0.15) is 0 Å². The fraction of sp³-hybridized carbons (Fsp3) is 0.486. The van der Waals surface area contributed by atoms with Crippen molar-refractivity contribution in [1.82, 2.24) is 0 Å². The molecule has 444 valence electrons. The molecule has 0 aliphatic carbocycles. The van der Waals surface area contributed by atoms with Gasteiger partial charge in [0.25, 0.3) is 0 Å². The summed E-state index contributed by atoms with van der Waals surface area (Å²) in [5.74, 6) is -0.940. The van der Waals surface area contributed by atoms with Gasteiger partial charge >= 0.3 is 19.8 Å². The van der Waals surface area contributed by atoms with Crippen LogP contribution in [0.1, 0.15) is 168 Å². The van der Waals surface area contributed by atoms with Crippen LogP contribution < -0.4 is 0 Å². The topological polar surface area (TPSA) is 108 Å². The fourth-order valence-corrected chi connectivity index (χ4v) is 7.54. The number of carbonyl (C=O) groups excluding carboxylic acids is 2. The minimum absolute atomic E-state index is 0.00148. The van der Waals surface area contributed by atoms with Gasteiger partial charge in [-0.3, -0.25) is 18.6 Å². The van der Waals surface area contributed by atoms with Crippen LogP contribution in [0.2, 0.25) is 0 Å². The predicted octanol–water partition coefficient (Wildman–Crippen LogP) is 19.1. The molecule has 0 saturated heterocycles. The first-order valence-electron chi connectivity index (χ1n) is 29.8. The third-order valence-corrected chi connectivity index (χ3v) is 12.3. The van der Waals surface area contributed by atoms with Gasteiger partial charge in [0.15, 0.2) is 6.10 Å². The van der Waals surface area contributed by atoms with Crippen LogP contribution in [0.15, 0.2) is 207 Å². The molecule has 0 aromatic heterocycles. The summed E-state index contributed by atoms with van der Waals surface area (Å²) in [6, 6.07) is 0. The second-order valence-corrected chi connectivity index (χ2v) is 21.4. The Morgan fingerprint density at radius 1 is 0.388 bits per heavy atom. The minimum Gasteiger partial charge on any atom is -0.462 e. The molecule has 0 bridgehead atoms. The van der Waals surface area contributed by atoms with E-state index in [4.69, 9.17) is 18.5 Å². The Balaban J connectivity index is 4.33. The number of hydrogen-bond donors (Lipinski definition) is 1. The zero-order valence-corrected chi connectivity index (χ0v) is 51.1. The van der Waals surface area contributed by atoms with E-state index < -0.39 is 32.5 Å². The monoisotopic (exact) mass is 1120 g/mol. The molecule has 80 heavy (non-hydrogen) atoms. The van der Waals surface area contributed by atoms with Crippen LogP contribution in [-0.4, -0.2) is 74.9 Å². The average Bonchev–Trinajstić information content (AvgIpc) is 3.42. The summed E-state index contributed by atoms with van der Waals surface area (Å²) in [5.41, 5.74) is 0. The number of phosphoric ester groups is 1. The van der Waals surface area contributed by atoms with Gasteiger partial charge in [-0.1, -0.05) is 220 Å². The van der Waals surface area contributed by atoms with E-state index in [1.165, 1.54) is 0 Å². The summed E-state index contributed by atoms with van der Waals surface area (Å²) in [6.45, 7) is 4.04. The Hall–Kier alpha value is -5.41. The highest BCUT2D eigenvalue weighted by atomic mass is 31.2. The molecule has 0 radical (unpaired) electrons. The van der Waals surface area contributed by atoms with Gasteiger partial charge < -0.3 is 18.9 Å². The number of hydrogen-bond acceptors (Lipinski definition) is 7. The standard InChI is InChI=1S/C70H106NO8P/c1-6-8-10-12-14-16-18-20-22-24-25-26-27-28-29-30-31-32-33-34-35-36-37-38-39-40-41-42-43-44-45-47-49-51-53-55-57-59-61-63-70(73)79-68(67-78-80(74,75)77-65-64-71(3,4)5)66-76-69(72)62-60-58-56-54-52-50-48-46-23-21-19-17-15-13-11-9-7-2/h8-11,14-17,20-23,25-26,28-29,31-32,34-35,37-38,40-41,43-44,47-50,53-56,68H,6-7,12-13,18-19,24,27,30,33,36,39,42,45-46,51-52,57-67H2,1-5H3/p+1/b10-8-,11-9-,16-14-,17-15-,22-20-,23-21-,26-25-,29-28-,32-31-,35-34-,38-37-,41-40-,44-43-,49-47-,50-48-,55-53-,56-54-. The highest BCUT2D eigenvalue weighted by Crippen LogP contribution is 2.43. The smallest absolute Gasteiger partial charge is 0.462 e. The van der Waals surface area contributed by atoms with Gasteiger partial charge in [0.05, 0.1) is 27.7 Å². The Morgan fingerprint density at radius 2 is 0.675 bits per heavy atom. The Bertz CT molecular complexity index is 2100. The molecule has 2 unspecified atom stereocenters. The van der Waals surface area contributed by atoms with Crippen molar-refractivity contribution in [1.29, 1.82) is 0 Å². The molecule has 2 atom stereocenters. The summed E-state index contributed by atoms with van der Waals surface area (Å²) in [4.78, 5) is 35.6. The molecule has 0 heterocycles. The molecule has 9 nitrogen and oxygen atoms in total. The molecule has 0 aliphatic rings. The molecule has 0 saturated carbocycles. The number of rotatable bonds is 51. The zero-order chi connectivity index (χ0) is 58.4. The molecule has 1 N–H and O–H groups in total. The van der Waals surface area contributed by atoms with E-state index >= 15 is 0 Å². The number of carbonyl (C=O) groups is 2. The SMILES string of the molecule is CC/C=C\C/C=C\C/C=C\C/C=C\C/C=C\C/C=C\C/C=C\C/C=C\C/C=C\C/C=C\C/C=C\C/C=C\CCCCC(=O)OC(COC(=O)CCC/C=C\C/C=C\C/C=C\C/C=C\C/C=C\CC)COP(=O)(O)OCC[N+](C)(C)C. The summed E-state index contributed by atoms with van der Waals surface area (Å²) in [5, 5.41) is 0. The fourth-order valence-electron chi connectivity index (χ4n) is 6.79. The van der Waals surface area contributed by atoms with E-state index in [1.54, 1.807) is 0 Å². The molecule has 0 aromatic rings. The van der Waals surface area contributed by atoms with Crippen LogP contribution in [0.5, 0.6) is 0 Å². The zero-order valence-electron chi connectivity index (χ0n) is 50.2. The number of ether oxygens (including phenoxy) is 2. The van der Waals surface area contributed by atoms with E-state index in [0.29, 0.717) is 23.9 Å². The van der Waals surface area contributed by atoms with Crippen LogP contribution >= 0.6 is 7.82 Å². The largest absolute Gasteiger partial charge is 0.472 e. The molecule has 10 heteroatoms. The van der Waals surface area contributed by atoms with E-state index in [1.807, 2.05) is 27.2 Å². The van der Waals surface area contributed by atoms with Crippen molar-refractivity contribution < 1.29 is 42.1 Å². The minimum atomic E-state index is -4.43. The van der Waals surface area contributed by atoms with Crippen molar-refractivity contribution in [2.75, 3.05) is 47.5 Å². The summed E-state index contributed by atoms with van der Waals surface area (Å²) < 4.78 is 34.4. The van der Waals surface area contributed by atoms with Crippen LogP contribution in [0.4, 0.5) is 0 Å². The number of quaternary nitrogens is 1. The van der Waals surface area contributed by atoms with Crippen molar-refractivity contribution in [3.8, 4) is 0 Å². The molecule has 0 fully saturated rings. The van der Waals surface area contributed by atoms with E-state index in [2.05, 4.69) is 214 Å². The maximum atomic E-state index is 12.8. The number of allylic oxidation sites excluding steroid dienone is 34. The van der Waals surface area contributed by atoms with Gasteiger partial charge in [0, 0.05) is 12.8 Å². The van der Waals surface area contributed by atoms with Crippen LogP contribution in [0.3, 0.4) is 0 Å². The molecular formula is C70H107NO8P+. The lowest BCUT2D eigenvalue weighted by Gasteiger charge is -2.24. The van der Waals surface area contributed by atoms with Crippen LogP contribution in [0.25, 0.3) is 0 Å². The van der Waals surface area contributed by atoms with Crippen LogP contribution in [-0.2, 0) is 32.7 Å². The Kier molecular flexibility index (Phi) is 54.3. The van der Waals surface area contributed by atoms with Crippen LogP contribution in [0, 0.1) is 0 Å². The highest BCUT2D eigenvalue weighted by molar-refractivity contribution is 7.47. The van der Waals surface area contributed by atoms with E-state index in [9.17, 15) is 19.0 Å². The number of phosphoric acid groups is 1. The number of nitrogens with zero attached hydrogens (tertiary/aromatic N) is 1. The Labute approximate surface area is 487 Å². The average molecular weight is 1120 g/mol. The van der Waals surface area contributed by atoms with Gasteiger partial charge in [0.2, 0.25) is 0 Å². The lowest BCUT2D eigenvalue weighted by atomic mass is 10.2. The first-order valence-corrected chi connectivity index (χ1v) is 31.3. The van der Waals surface area contributed by atoms with Gasteiger partial charge in [-0.05, 0) is 141 Å². The highest BCUT2D eigenvalue weighted by Gasteiger charge is 2.27. The predicted molar refractivity (Wildman–Crippen MR) is 343 cm³/mol. The number of esters is 2. The third kappa shape index (κ3) is 61.8. The summed E-state index contributed by atoms with van der Waals surface area (Å²) in [6.07, 6.45) is 93.5. The normalized spacial score (nSPS) is 14.7. The van der Waals surface area contributed by atoms with Crippen molar-refractivity contribution >= 4 is 19.8 Å². The maximum Gasteiger partial charge on any atom is 0.472 e. The molecule has 0 aromatic carbocycles. The van der Waals surface area contributed by atoms with E-state index in [0.717, 1.165) is 128 Å². The van der Waals surface area contributed by atoms with Crippen molar-refractivity contribution in [3.05, 3.63) is 207 Å². The molecule has 0 spiro atoms. The van der Waals surface area contributed by atoms with Gasteiger partial charge in [-0.25, -0.2) is 4.57 Å². The van der Waals surface area contributed by atoms with Crippen molar-refractivity contribution in [2.24, 2.45) is 0 Å². The molecule has 0 rings (SSSR count). The number of unbranched alkanes of at least 4 members (excludes halogenated alkanes) is 3. The lowest BCUT2D eigenvalue weighted by Crippen LogP contribution is -2.37. The maximum absolute atomic E-state index is 12.8. The molecule has 0 aliphatic heterocycles. The third-order valence-electron chi connectivity index (χ3n) is 11.3. The first kappa shape index (κ1) is 74.6. The first-order chi connectivity index (χ1) is 39.0. The van der Waals surface area contributed by atoms with Crippen molar-refractivity contribution in [3.63, 3.8) is 0 Å².